The average molecular weight is 322 g/mol. The highest BCUT2D eigenvalue weighted by Gasteiger charge is 2.13. The second-order valence-electron chi connectivity index (χ2n) is 4.05. The van der Waals surface area contributed by atoms with Crippen LogP contribution in [0.4, 0.5) is 0 Å². The molecule has 19 heavy (non-hydrogen) atoms. The van der Waals surface area contributed by atoms with Crippen LogP contribution in [0, 0.1) is 13.8 Å². The quantitative estimate of drug-likeness (QED) is 0.942. The van der Waals surface area contributed by atoms with Crippen molar-refractivity contribution in [1.82, 2.24) is 9.97 Å². The molecule has 0 fully saturated rings. The lowest BCUT2D eigenvalue weighted by molar-refractivity contribution is 0.0992. The first kappa shape index (κ1) is 13.5. The minimum atomic E-state index is -0.673. The van der Waals surface area contributed by atoms with E-state index in [0.29, 0.717) is 5.75 Å². The zero-order valence-electron chi connectivity index (χ0n) is 10.5. The van der Waals surface area contributed by atoms with Gasteiger partial charge in [0.15, 0.2) is 5.69 Å². The van der Waals surface area contributed by atoms with Crippen LogP contribution in [0.3, 0.4) is 0 Å². The fourth-order valence-electron chi connectivity index (χ4n) is 1.65. The molecular formula is C13H12BrN3O2. The molecule has 0 bridgehead atoms. The van der Waals surface area contributed by atoms with Gasteiger partial charge in [0.1, 0.15) is 5.75 Å². The highest BCUT2D eigenvalue weighted by Crippen LogP contribution is 2.29. The largest absolute Gasteiger partial charge is 0.437 e. The Kier molecular flexibility index (Phi) is 3.80. The van der Waals surface area contributed by atoms with Gasteiger partial charge in [0, 0.05) is 16.9 Å². The molecule has 0 atom stereocenters. The van der Waals surface area contributed by atoms with Gasteiger partial charge in [-0.3, -0.25) is 4.79 Å². The summed E-state index contributed by atoms with van der Waals surface area (Å²) in [5.74, 6) is 0.0194. The standard InChI is InChI=1S/C13H12BrN3O2/c1-7-5-9(6-8(2)10(7)14)19-13-11(12(15)18)16-3-4-17-13/h3-6H,1-2H3,(H2,15,18). The molecule has 0 aliphatic rings. The number of amides is 1. The first-order valence-electron chi connectivity index (χ1n) is 5.54. The molecule has 2 rings (SSSR count). The molecule has 0 aliphatic carbocycles. The third-order valence-corrected chi connectivity index (χ3v) is 3.77. The molecule has 2 N–H and O–H groups in total. The molecule has 1 heterocycles. The van der Waals surface area contributed by atoms with E-state index in [2.05, 4.69) is 25.9 Å². The fourth-order valence-corrected chi connectivity index (χ4v) is 1.87. The predicted molar refractivity (Wildman–Crippen MR) is 74.2 cm³/mol. The summed E-state index contributed by atoms with van der Waals surface area (Å²) in [7, 11) is 0. The maximum absolute atomic E-state index is 11.2. The molecule has 2 aromatic rings. The van der Waals surface area contributed by atoms with E-state index in [1.165, 1.54) is 12.4 Å². The smallest absolute Gasteiger partial charge is 0.272 e. The van der Waals surface area contributed by atoms with Crippen LogP contribution in [0.15, 0.2) is 29.0 Å². The van der Waals surface area contributed by atoms with E-state index in [0.717, 1.165) is 15.6 Å². The molecular weight excluding hydrogens is 310 g/mol. The maximum Gasteiger partial charge on any atom is 0.272 e. The van der Waals surface area contributed by atoms with Gasteiger partial charge in [-0.15, -0.1) is 0 Å². The van der Waals surface area contributed by atoms with Gasteiger partial charge in [-0.05, 0) is 37.1 Å². The van der Waals surface area contributed by atoms with Crippen molar-refractivity contribution in [1.29, 1.82) is 0 Å². The van der Waals surface area contributed by atoms with Crippen LogP contribution in [0.2, 0.25) is 0 Å². The van der Waals surface area contributed by atoms with E-state index in [-0.39, 0.29) is 11.6 Å². The van der Waals surface area contributed by atoms with Crippen LogP contribution in [-0.4, -0.2) is 15.9 Å². The number of nitrogens with zero attached hydrogens (tertiary/aromatic N) is 2. The summed E-state index contributed by atoms with van der Waals surface area (Å²) in [5.41, 5.74) is 7.29. The minimum absolute atomic E-state index is 0.0146. The Labute approximate surface area is 119 Å². The number of aromatic nitrogens is 2. The number of hydrogen-bond donors (Lipinski definition) is 1. The summed E-state index contributed by atoms with van der Waals surface area (Å²) in [6, 6.07) is 3.69. The molecule has 0 unspecified atom stereocenters. The molecule has 1 amide bonds. The number of hydrogen-bond acceptors (Lipinski definition) is 4. The van der Waals surface area contributed by atoms with Crippen LogP contribution in [0.25, 0.3) is 0 Å². The van der Waals surface area contributed by atoms with Gasteiger partial charge in [0.05, 0.1) is 0 Å². The molecule has 5 nitrogen and oxygen atoms in total. The second kappa shape index (κ2) is 5.36. The van der Waals surface area contributed by atoms with Crippen molar-refractivity contribution in [2.24, 2.45) is 5.73 Å². The fraction of sp³-hybridized carbons (Fsp3) is 0.154. The van der Waals surface area contributed by atoms with Gasteiger partial charge >= 0.3 is 0 Å². The Hall–Kier alpha value is -1.95. The van der Waals surface area contributed by atoms with E-state index in [9.17, 15) is 4.79 Å². The van der Waals surface area contributed by atoms with E-state index in [1.807, 2.05) is 26.0 Å². The van der Waals surface area contributed by atoms with Crippen molar-refractivity contribution >= 4 is 21.8 Å². The first-order chi connectivity index (χ1) is 8.99. The number of aryl methyl sites for hydroxylation is 2. The number of rotatable bonds is 3. The number of nitrogens with two attached hydrogens (primary N) is 1. The van der Waals surface area contributed by atoms with Crippen LogP contribution in [-0.2, 0) is 0 Å². The number of halogens is 1. The normalized spacial score (nSPS) is 10.3. The van der Waals surface area contributed by atoms with Crippen molar-refractivity contribution in [3.63, 3.8) is 0 Å². The Morgan fingerprint density at radius 1 is 1.21 bits per heavy atom. The zero-order valence-corrected chi connectivity index (χ0v) is 12.1. The van der Waals surface area contributed by atoms with E-state index < -0.39 is 5.91 Å². The van der Waals surface area contributed by atoms with E-state index >= 15 is 0 Å². The minimum Gasteiger partial charge on any atom is -0.437 e. The molecule has 0 saturated heterocycles. The predicted octanol–water partition coefficient (Wildman–Crippen LogP) is 2.75. The average Bonchev–Trinajstić information content (AvgIpc) is 2.36. The second-order valence-corrected chi connectivity index (χ2v) is 4.84. The van der Waals surface area contributed by atoms with Gasteiger partial charge in [-0.2, -0.15) is 0 Å². The Balaban J connectivity index is 2.39. The van der Waals surface area contributed by atoms with Crippen molar-refractivity contribution < 1.29 is 9.53 Å². The van der Waals surface area contributed by atoms with E-state index in [4.69, 9.17) is 10.5 Å². The lowest BCUT2D eigenvalue weighted by Gasteiger charge is -2.10. The Morgan fingerprint density at radius 3 is 2.37 bits per heavy atom. The van der Waals surface area contributed by atoms with Crippen LogP contribution < -0.4 is 10.5 Å². The molecule has 0 aliphatic heterocycles. The lowest BCUT2D eigenvalue weighted by Crippen LogP contribution is -2.14. The van der Waals surface area contributed by atoms with Crippen molar-refractivity contribution in [2.45, 2.75) is 13.8 Å². The molecule has 1 aromatic carbocycles. The van der Waals surface area contributed by atoms with Gasteiger partial charge in [0.25, 0.3) is 11.8 Å². The number of primary amides is 1. The van der Waals surface area contributed by atoms with Crippen LogP contribution >= 0.6 is 15.9 Å². The van der Waals surface area contributed by atoms with Crippen molar-refractivity contribution in [3.8, 4) is 11.6 Å². The molecule has 6 heteroatoms. The van der Waals surface area contributed by atoms with Crippen LogP contribution in [0.1, 0.15) is 21.6 Å². The van der Waals surface area contributed by atoms with E-state index in [1.54, 1.807) is 0 Å². The summed E-state index contributed by atoms with van der Waals surface area (Å²) < 4.78 is 6.61. The summed E-state index contributed by atoms with van der Waals surface area (Å²) in [5, 5.41) is 0. The van der Waals surface area contributed by atoms with Gasteiger partial charge < -0.3 is 10.5 Å². The molecule has 0 saturated carbocycles. The lowest BCUT2D eigenvalue weighted by atomic mass is 10.1. The highest BCUT2D eigenvalue weighted by molar-refractivity contribution is 9.10. The van der Waals surface area contributed by atoms with Gasteiger partial charge in [-0.25, -0.2) is 9.97 Å². The number of carbonyl (C=O) groups excluding carboxylic acids is 1. The molecule has 1 aromatic heterocycles. The third kappa shape index (κ3) is 2.90. The SMILES string of the molecule is Cc1cc(Oc2nccnc2C(N)=O)cc(C)c1Br. The number of ether oxygens (including phenoxy) is 1. The van der Waals surface area contributed by atoms with Crippen molar-refractivity contribution in [2.75, 3.05) is 0 Å². The van der Waals surface area contributed by atoms with Gasteiger partial charge in [0.2, 0.25) is 0 Å². The number of benzene rings is 1. The zero-order chi connectivity index (χ0) is 14.0. The maximum atomic E-state index is 11.2. The number of carbonyl (C=O) groups is 1. The summed E-state index contributed by atoms with van der Waals surface area (Å²) in [6.07, 6.45) is 2.84. The summed E-state index contributed by atoms with van der Waals surface area (Å²) in [6.45, 7) is 3.91. The highest BCUT2D eigenvalue weighted by atomic mass is 79.9. The first-order valence-corrected chi connectivity index (χ1v) is 6.33. The monoisotopic (exact) mass is 321 g/mol. The topological polar surface area (TPSA) is 78.1 Å². The van der Waals surface area contributed by atoms with Crippen molar-refractivity contribution in [3.05, 3.63) is 45.8 Å². The molecule has 0 radical (unpaired) electrons. The molecule has 98 valence electrons. The Morgan fingerprint density at radius 2 is 1.79 bits per heavy atom. The Bertz CT molecular complexity index is 621. The summed E-state index contributed by atoms with van der Waals surface area (Å²) >= 11 is 3.48. The van der Waals surface area contributed by atoms with Gasteiger partial charge in [-0.1, -0.05) is 15.9 Å². The third-order valence-electron chi connectivity index (χ3n) is 2.52. The molecule has 0 spiro atoms. The summed E-state index contributed by atoms with van der Waals surface area (Å²) in [4.78, 5) is 19.1. The van der Waals surface area contributed by atoms with Crippen LogP contribution in [0.5, 0.6) is 11.6 Å².